The highest BCUT2D eigenvalue weighted by molar-refractivity contribution is 5.79. The standard InChI is InChI=1S/C17H36N4O/c1-5-16(21-10-6-7-11-21)13-20-17(18-4)19-9-8-12-22-14-15(2)3/h15-16H,5-14H2,1-4H3,(H2,18,19,20). The fourth-order valence-corrected chi connectivity index (χ4v) is 2.77. The molecular weight excluding hydrogens is 276 g/mol. The Hall–Kier alpha value is -0.810. The Morgan fingerprint density at radius 3 is 2.55 bits per heavy atom. The topological polar surface area (TPSA) is 48.9 Å². The predicted molar refractivity (Wildman–Crippen MR) is 94.5 cm³/mol. The average Bonchev–Trinajstić information content (AvgIpc) is 3.03. The van der Waals surface area contributed by atoms with E-state index in [2.05, 4.69) is 41.3 Å². The molecule has 1 aliphatic heterocycles. The van der Waals surface area contributed by atoms with E-state index in [0.717, 1.165) is 38.7 Å². The van der Waals surface area contributed by atoms with Gasteiger partial charge in [-0.15, -0.1) is 0 Å². The summed E-state index contributed by atoms with van der Waals surface area (Å²) in [7, 11) is 1.83. The molecule has 0 aromatic carbocycles. The maximum absolute atomic E-state index is 5.59. The number of ether oxygens (including phenoxy) is 1. The van der Waals surface area contributed by atoms with Crippen molar-refractivity contribution in [1.29, 1.82) is 0 Å². The number of rotatable bonds is 10. The summed E-state index contributed by atoms with van der Waals surface area (Å²) in [6.45, 7) is 12.7. The third kappa shape index (κ3) is 7.99. The van der Waals surface area contributed by atoms with E-state index in [-0.39, 0.29) is 0 Å². The van der Waals surface area contributed by atoms with Gasteiger partial charge in [0.05, 0.1) is 0 Å². The van der Waals surface area contributed by atoms with Crippen LogP contribution in [0.3, 0.4) is 0 Å². The first-order valence-corrected chi connectivity index (χ1v) is 8.93. The minimum Gasteiger partial charge on any atom is -0.381 e. The summed E-state index contributed by atoms with van der Waals surface area (Å²) in [5.41, 5.74) is 0. The Labute approximate surface area is 136 Å². The van der Waals surface area contributed by atoms with Gasteiger partial charge in [0.1, 0.15) is 0 Å². The highest BCUT2D eigenvalue weighted by atomic mass is 16.5. The summed E-state index contributed by atoms with van der Waals surface area (Å²) in [6.07, 6.45) is 4.89. The van der Waals surface area contributed by atoms with Crippen LogP contribution in [0.1, 0.15) is 46.5 Å². The van der Waals surface area contributed by atoms with Crippen LogP contribution in [0, 0.1) is 5.92 Å². The first-order valence-electron chi connectivity index (χ1n) is 8.93. The summed E-state index contributed by atoms with van der Waals surface area (Å²) >= 11 is 0. The molecular formula is C17H36N4O. The Morgan fingerprint density at radius 2 is 1.95 bits per heavy atom. The van der Waals surface area contributed by atoms with Gasteiger partial charge in [-0.1, -0.05) is 20.8 Å². The van der Waals surface area contributed by atoms with E-state index in [4.69, 9.17) is 4.74 Å². The molecule has 0 radical (unpaired) electrons. The Kier molecular flexibility index (Phi) is 10.2. The van der Waals surface area contributed by atoms with Crippen molar-refractivity contribution in [2.24, 2.45) is 10.9 Å². The molecule has 1 unspecified atom stereocenters. The SMILES string of the molecule is CCC(CNC(=NC)NCCCOCC(C)C)N1CCCC1. The average molecular weight is 313 g/mol. The molecule has 0 aliphatic carbocycles. The molecule has 0 saturated carbocycles. The van der Waals surface area contributed by atoms with Crippen molar-refractivity contribution in [3.05, 3.63) is 0 Å². The molecule has 5 heteroatoms. The third-order valence-electron chi connectivity index (χ3n) is 4.07. The molecule has 1 heterocycles. The van der Waals surface area contributed by atoms with Gasteiger partial charge in [-0.3, -0.25) is 9.89 Å². The highest BCUT2D eigenvalue weighted by Gasteiger charge is 2.20. The maximum atomic E-state index is 5.59. The Bertz CT molecular complexity index is 301. The van der Waals surface area contributed by atoms with Gasteiger partial charge in [-0.2, -0.15) is 0 Å². The van der Waals surface area contributed by atoms with Crippen molar-refractivity contribution in [2.75, 3.05) is 46.4 Å². The van der Waals surface area contributed by atoms with E-state index in [0.29, 0.717) is 12.0 Å². The van der Waals surface area contributed by atoms with Crippen molar-refractivity contribution in [3.63, 3.8) is 0 Å². The minimum absolute atomic E-state index is 0.610. The fraction of sp³-hybridized carbons (Fsp3) is 0.941. The second-order valence-corrected chi connectivity index (χ2v) is 6.51. The molecule has 130 valence electrons. The van der Waals surface area contributed by atoms with Gasteiger partial charge in [-0.25, -0.2) is 0 Å². The van der Waals surface area contributed by atoms with Crippen LogP contribution in [0.5, 0.6) is 0 Å². The summed E-state index contributed by atoms with van der Waals surface area (Å²) in [6, 6.07) is 0.621. The van der Waals surface area contributed by atoms with Gasteiger partial charge in [0.2, 0.25) is 0 Å². The van der Waals surface area contributed by atoms with Gasteiger partial charge < -0.3 is 15.4 Å². The Balaban J connectivity index is 2.13. The van der Waals surface area contributed by atoms with Gasteiger partial charge >= 0.3 is 0 Å². The van der Waals surface area contributed by atoms with Crippen LogP contribution in [0.4, 0.5) is 0 Å². The molecule has 1 aliphatic rings. The van der Waals surface area contributed by atoms with Crippen LogP contribution in [0.15, 0.2) is 4.99 Å². The second-order valence-electron chi connectivity index (χ2n) is 6.51. The first kappa shape index (κ1) is 19.2. The van der Waals surface area contributed by atoms with Crippen LogP contribution in [-0.4, -0.2) is 63.3 Å². The van der Waals surface area contributed by atoms with E-state index in [1.165, 1.54) is 32.4 Å². The summed E-state index contributed by atoms with van der Waals surface area (Å²) in [5, 5.41) is 6.83. The van der Waals surface area contributed by atoms with Gasteiger partial charge in [0, 0.05) is 39.4 Å². The molecule has 22 heavy (non-hydrogen) atoms. The lowest BCUT2D eigenvalue weighted by Gasteiger charge is -2.27. The number of nitrogens with zero attached hydrogens (tertiary/aromatic N) is 2. The summed E-state index contributed by atoms with van der Waals surface area (Å²) in [4.78, 5) is 6.90. The number of guanidine groups is 1. The van der Waals surface area contributed by atoms with Crippen LogP contribution < -0.4 is 10.6 Å². The normalized spacial score (nSPS) is 18.0. The predicted octanol–water partition coefficient (Wildman–Crippen LogP) is 2.09. The molecule has 0 spiro atoms. The second kappa shape index (κ2) is 11.7. The van der Waals surface area contributed by atoms with Gasteiger partial charge in [-0.05, 0) is 44.7 Å². The van der Waals surface area contributed by atoms with Crippen molar-refractivity contribution in [1.82, 2.24) is 15.5 Å². The fourth-order valence-electron chi connectivity index (χ4n) is 2.77. The smallest absolute Gasteiger partial charge is 0.191 e. The molecule has 0 amide bonds. The molecule has 1 atom stereocenters. The molecule has 0 bridgehead atoms. The summed E-state index contributed by atoms with van der Waals surface area (Å²) in [5.74, 6) is 1.51. The minimum atomic E-state index is 0.610. The zero-order chi connectivity index (χ0) is 16.2. The van der Waals surface area contributed by atoms with E-state index in [1.54, 1.807) is 0 Å². The van der Waals surface area contributed by atoms with Crippen LogP contribution in [0.25, 0.3) is 0 Å². The van der Waals surface area contributed by atoms with E-state index >= 15 is 0 Å². The first-order chi connectivity index (χ1) is 10.7. The number of nitrogens with one attached hydrogen (secondary N) is 2. The van der Waals surface area contributed by atoms with Crippen molar-refractivity contribution >= 4 is 5.96 Å². The molecule has 0 aromatic heterocycles. The molecule has 2 N–H and O–H groups in total. The highest BCUT2D eigenvalue weighted by Crippen LogP contribution is 2.13. The van der Waals surface area contributed by atoms with Crippen LogP contribution in [-0.2, 0) is 4.74 Å². The number of likely N-dealkylation sites (tertiary alicyclic amines) is 1. The molecule has 5 nitrogen and oxygen atoms in total. The van der Waals surface area contributed by atoms with Crippen molar-refractivity contribution in [3.8, 4) is 0 Å². The van der Waals surface area contributed by atoms with E-state index in [9.17, 15) is 0 Å². The van der Waals surface area contributed by atoms with Crippen molar-refractivity contribution < 1.29 is 4.74 Å². The molecule has 1 fully saturated rings. The lowest BCUT2D eigenvalue weighted by atomic mass is 10.2. The number of hydrogen-bond acceptors (Lipinski definition) is 3. The van der Waals surface area contributed by atoms with Crippen LogP contribution in [0.2, 0.25) is 0 Å². The zero-order valence-electron chi connectivity index (χ0n) is 15.0. The van der Waals surface area contributed by atoms with E-state index in [1.807, 2.05) is 7.05 Å². The maximum Gasteiger partial charge on any atom is 0.191 e. The van der Waals surface area contributed by atoms with E-state index < -0.39 is 0 Å². The monoisotopic (exact) mass is 312 g/mol. The number of hydrogen-bond donors (Lipinski definition) is 2. The zero-order valence-corrected chi connectivity index (χ0v) is 15.0. The third-order valence-corrected chi connectivity index (χ3v) is 4.07. The summed E-state index contributed by atoms with van der Waals surface area (Å²) < 4.78 is 5.59. The number of aliphatic imine (C=N–C) groups is 1. The lowest BCUT2D eigenvalue weighted by molar-refractivity contribution is 0.108. The van der Waals surface area contributed by atoms with Gasteiger partial charge in [0.25, 0.3) is 0 Å². The quantitative estimate of drug-likeness (QED) is 0.368. The van der Waals surface area contributed by atoms with Crippen molar-refractivity contribution in [2.45, 2.75) is 52.5 Å². The molecule has 1 saturated heterocycles. The lowest BCUT2D eigenvalue weighted by Crippen LogP contribution is -2.46. The largest absolute Gasteiger partial charge is 0.381 e. The van der Waals surface area contributed by atoms with Gasteiger partial charge in [0.15, 0.2) is 5.96 Å². The Morgan fingerprint density at radius 1 is 1.23 bits per heavy atom. The molecule has 1 rings (SSSR count). The van der Waals surface area contributed by atoms with Crippen LogP contribution >= 0.6 is 0 Å². The molecule has 0 aromatic rings.